The van der Waals surface area contributed by atoms with E-state index in [1.807, 2.05) is 24.3 Å². The summed E-state index contributed by atoms with van der Waals surface area (Å²) in [5.41, 5.74) is 2.59. The highest BCUT2D eigenvalue weighted by Crippen LogP contribution is 2.28. The molecule has 4 rings (SSSR count). The van der Waals surface area contributed by atoms with Crippen molar-refractivity contribution in [2.75, 3.05) is 24.9 Å². The number of ether oxygens (including phenoxy) is 3. The van der Waals surface area contributed by atoms with Gasteiger partial charge in [0.15, 0.2) is 5.82 Å². The molecule has 9 nitrogen and oxygen atoms in total. The van der Waals surface area contributed by atoms with Crippen LogP contribution in [0.25, 0.3) is 10.9 Å². The van der Waals surface area contributed by atoms with Crippen molar-refractivity contribution in [2.45, 2.75) is 6.61 Å². The number of rotatable bonds is 7. The Labute approximate surface area is 189 Å². The van der Waals surface area contributed by atoms with Crippen LogP contribution in [-0.4, -0.2) is 30.4 Å². The Morgan fingerprint density at radius 3 is 2.48 bits per heavy atom. The molecule has 33 heavy (non-hydrogen) atoms. The summed E-state index contributed by atoms with van der Waals surface area (Å²) in [6, 6.07) is 19.4. The Balaban J connectivity index is 1.48. The second-order valence-corrected chi connectivity index (χ2v) is 7.02. The molecule has 0 atom stereocenters. The van der Waals surface area contributed by atoms with Crippen LogP contribution in [0.2, 0.25) is 0 Å². The number of hydrogen-bond acceptors (Lipinski definition) is 6. The molecule has 166 valence electrons. The average molecular weight is 443 g/mol. The molecular weight excluding hydrogens is 422 g/mol. The number of methoxy groups -OCH3 is 2. The maximum absolute atomic E-state index is 12.6. The lowest BCUT2D eigenvalue weighted by molar-refractivity contribution is 0.262. The van der Waals surface area contributed by atoms with Crippen molar-refractivity contribution in [3.8, 4) is 23.3 Å². The second kappa shape index (κ2) is 9.62. The predicted octanol–water partition coefficient (Wildman–Crippen LogP) is 4.67. The fourth-order valence-electron chi connectivity index (χ4n) is 3.24. The number of fused-ring (bicyclic) bond motifs is 1. The van der Waals surface area contributed by atoms with E-state index in [0.717, 1.165) is 11.1 Å². The van der Waals surface area contributed by atoms with Crippen LogP contribution >= 0.6 is 0 Å². The molecule has 3 N–H and O–H groups in total. The number of anilines is 2. The number of nitriles is 1. The quantitative estimate of drug-likeness (QED) is 0.381. The number of carbonyl (C=O) groups excluding carboxylic acids is 1. The van der Waals surface area contributed by atoms with Crippen molar-refractivity contribution in [1.82, 2.24) is 10.2 Å². The average Bonchev–Trinajstić information content (AvgIpc) is 3.24. The highest BCUT2D eigenvalue weighted by Gasteiger charge is 2.12. The summed E-state index contributed by atoms with van der Waals surface area (Å²) < 4.78 is 16.3. The Kier molecular flexibility index (Phi) is 6.27. The van der Waals surface area contributed by atoms with E-state index in [-0.39, 0.29) is 6.61 Å². The van der Waals surface area contributed by atoms with E-state index in [1.54, 1.807) is 36.4 Å². The van der Waals surface area contributed by atoms with Gasteiger partial charge in [0.05, 0.1) is 31.4 Å². The Morgan fingerprint density at radius 2 is 1.76 bits per heavy atom. The summed E-state index contributed by atoms with van der Waals surface area (Å²) >= 11 is 0. The zero-order chi connectivity index (χ0) is 23.2. The summed E-state index contributed by atoms with van der Waals surface area (Å²) in [6.45, 7) is 0.244. The Hall–Kier alpha value is -4.71. The lowest BCUT2D eigenvalue weighted by Crippen LogP contribution is -2.19. The Bertz CT molecular complexity index is 1320. The molecule has 0 saturated carbocycles. The van der Waals surface area contributed by atoms with Crippen LogP contribution in [0.15, 0.2) is 60.7 Å². The molecule has 0 bridgehead atoms. The van der Waals surface area contributed by atoms with Crippen LogP contribution in [0.4, 0.5) is 16.3 Å². The minimum atomic E-state index is -0.479. The summed E-state index contributed by atoms with van der Waals surface area (Å²) in [5.74, 6) is 2.03. The first-order valence-corrected chi connectivity index (χ1v) is 9.99. The number of hydrogen-bond donors (Lipinski definition) is 3. The van der Waals surface area contributed by atoms with Crippen molar-refractivity contribution < 1.29 is 19.0 Å². The number of nitrogens with zero attached hydrogens (tertiary/aromatic N) is 2. The van der Waals surface area contributed by atoms with Gasteiger partial charge in [-0.1, -0.05) is 18.2 Å². The standard InChI is InChI=1S/C24H21N5O4/c1-31-19-9-17(10-20(11-19)32-2)26-24(30)27-23-21-12-18(7-8-22(21)28-29-23)33-14-16-6-4-3-5-15(16)13-25/h3-12H,14H2,1-2H3,(H3,26,27,28,29,30). The van der Waals surface area contributed by atoms with E-state index >= 15 is 0 Å². The third-order valence-electron chi connectivity index (χ3n) is 4.91. The van der Waals surface area contributed by atoms with E-state index in [1.165, 1.54) is 14.2 Å². The summed E-state index contributed by atoms with van der Waals surface area (Å²) in [7, 11) is 3.07. The first-order valence-electron chi connectivity index (χ1n) is 9.99. The number of amides is 2. The van der Waals surface area contributed by atoms with Crippen molar-refractivity contribution in [3.05, 3.63) is 71.8 Å². The minimum absolute atomic E-state index is 0.244. The molecule has 0 fully saturated rings. The van der Waals surface area contributed by atoms with Gasteiger partial charge < -0.3 is 19.5 Å². The fraction of sp³-hybridized carbons (Fsp3) is 0.125. The van der Waals surface area contributed by atoms with E-state index in [9.17, 15) is 10.1 Å². The lowest BCUT2D eigenvalue weighted by Gasteiger charge is -2.10. The number of aromatic nitrogens is 2. The van der Waals surface area contributed by atoms with Gasteiger partial charge in [-0.25, -0.2) is 4.79 Å². The summed E-state index contributed by atoms with van der Waals surface area (Å²) in [6.07, 6.45) is 0. The minimum Gasteiger partial charge on any atom is -0.497 e. The smallest absolute Gasteiger partial charge is 0.324 e. The van der Waals surface area contributed by atoms with Crippen LogP contribution in [0, 0.1) is 11.3 Å². The number of aromatic amines is 1. The predicted molar refractivity (Wildman–Crippen MR) is 124 cm³/mol. The maximum atomic E-state index is 12.6. The number of urea groups is 1. The highest BCUT2D eigenvalue weighted by molar-refractivity contribution is 6.04. The van der Waals surface area contributed by atoms with Crippen LogP contribution in [0.5, 0.6) is 17.2 Å². The molecule has 9 heteroatoms. The molecule has 0 radical (unpaired) electrons. The van der Waals surface area contributed by atoms with Crippen LogP contribution < -0.4 is 24.8 Å². The zero-order valence-corrected chi connectivity index (χ0v) is 18.0. The zero-order valence-electron chi connectivity index (χ0n) is 18.0. The first kappa shape index (κ1) is 21.5. The molecule has 0 unspecified atom stereocenters. The number of benzene rings is 3. The van der Waals surface area contributed by atoms with E-state index in [0.29, 0.717) is 39.7 Å². The van der Waals surface area contributed by atoms with Crippen molar-refractivity contribution in [1.29, 1.82) is 5.26 Å². The molecule has 0 saturated heterocycles. The van der Waals surface area contributed by atoms with E-state index in [2.05, 4.69) is 26.9 Å². The normalized spacial score (nSPS) is 10.3. The van der Waals surface area contributed by atoms with Gasteiger partial charge in [0.25, 0.3) is 0 Å². The topological polar surface area (TPSA) is 121 Å². The molecular formula is C24H21N5O4. The molecule has 0 aliphatic heterocycles. The molecule has 3 aromatic carbocycles. The van der Waals surface area contributed by atoms with Gasteiger partial charge in [0.2, 0.25) is 0 Å². The maximum Gasteiger partial charge on any atom is 0.324 e. The van der Waals surface area contributed by atoms with E-state index < -0.39 is 6.03 Å². The van der Waals surface area contributed by atoms with Crippen LogP contribution in [-0.2, 0) is 6.61 Å². The lowest BCUT2D eigenvalue weighted by atomic mass is 10.1. The largest absolute Gasteiger partial charge is 0.497 e. The first-order chi connectivity index (χ1) is 16.1. The van der Waals surface area contributed by atoms with Crippen LogP contribution in [0.3, 0.4) is 0 Å². The summed E-state index contributed by atoms with van der Waals surface area (Å²) in [5, 5.41) is 22.5. The SMILES string of the molecule is COc1cc(NC(=O)Nc2n[nH]c3ccc(OCc4ccccc4C#N)cc23)cc(OC)c1. The monoisotopic (exact) mass is 443 g/mol. The number of nitrogens with one attached hydrogen (secondary N) is 3. The number of carbonyl (C=O) groups is 1. The van der Waals surface area contributed by atoms with E-state index in [4.69, 9.17) is 14.2 Å². The van der Waals surface area contributed by atoms with Gasteiger partial charge in [-0.3, -0.25) is 10.4 Å². The fourth-order valence-corrected chi connectivity index (χ4v) is 3.24. The second-order valence-electron chi connectivity index (χ2n) is 7.02. The van der Waals surface area contributed by atoms with Crippen molar-refractivity contribution in [3.63, 3.8) is 0 Å². The third kappa shape index (κ3) is 4.97. The van der Waals surface area contributed by atoms with Crippen molar-refractivity contribution in [2.24, 2.45) is 0 Å². The van der Waals surface area contributed by atoms with Gasteiger partial charge in [0, 0.05) is 34.8 Å². The molecule has 4 aromatic rings. The molecule has 1 heterocycles. The summed E-state index contributed by atoms with van der Waals surface area (Å²) in [4.78, 5) is 12.6. The van der Waals surface area contributed by atoms with Gasteiger partial charge in [0.1, 0.15) is 23.9 Å². The van der Waals surface area contributed by atoms with Gasteiger partial charge in [-0.15, -0.1) is 0 Å². The molecule has 2 amide bonds. The molecule has 0 aliphatic carbocycles. The highest BCUT2D eigenvalue weighted by atomic mass is 16.5. The van der Waals surface area contributed by atoms with Gasteiger partial charge >= 0.3 is 6.03 Å². The van der Waals surface area contributed by atoms with Gasteiger partial charge in [-0.2, -0.15) is 10.4 Å². The Morgan fingerprint density at radius 1 is 1.00 bits per heavy atom. The molecule has 0 spiro atoms. The molecule has 1 aromatic heterocycles. The molecule has 0 aliphatic rings. The van der Waals surface area contributed by atoms with Gasteiger partial charge in [-0.05, 0) is 24.3 Å². The van der Waals surface area contributed by atoms with Crippen LogP contribution in [0.1, 0.15) is 11.1 Å². The van der Waals surface area contributed by atoms with Crippen molar-refractivity contribution >= 4 is 28.4 Å². The third-order valence-corrected chi connectivity index (χ3v) is 4.91. The number of H-pyrrole nitrogens is 1.